The Bertz CT molecular complexity index is 850. The first-order chi connectivity index (χ1) is 15.0. The number of carbonyl (C=O) groups excluding carboxylic acids is 2. The van der Waals surface area contributed by atoms with Crippen molar-refractivity contribution in [3.63, 3.8) is 0 Å². The molecule has 0 radical (unpaired) electrons. The van der Waals surface area contributed by atoms with Gasteiger partial charge in [0.2, 0.25) is 16.9 Å². The van der Waals surface area contributed by atoms with E-state index in [4.69, 9.17) is 9.47 Å². The largest absolute Gasteiger partial charge is 0.497 e. The van der Waals surface area contributed by atoms with Crippen LogP contribution < -0.4 is 14.8 Å². The van der Waals surface area contributed by atoms with Gasteiger partial charge in [0.15, 0.2) is 0 Å². The fourth-order valence-corrected chi connectivity index (χ4v) is 3.88. The quantitative estimate of drug-likeness (QED) is 0.596. The highest BCUT2D eigenvalue weighted by Gasteiger charge is 2.21. The zero-order valence-electron chi connectivity index (χ0n) is 18.0. The molecule has 0 aliphatic carbocycles. The SMILES string of the molecule is COc1ccc(OCCN2CCN(C(=O)CCCC(=O)Nc3nnc(C)s3)CC2)cc1. The average Bonchev–Trinajstić information content (AvgIpc) is 3.19. The number of piperazine rings is 1. The summed E-state index contributed by atoms with van der Waals surface area (Å²) in [5.41, 5.74) is 0. The molecule has 1 fully saturated rings. The van der Waals surface area contributed by atoms with Gasteiger partial charge < -0.3 is 19.7 Å². The van der Waals surface area contributed by atoms with Crippen molar-refractivity contribution in [1.29, 1.82) is 0 Å². The number of anilines is 1. The van der Waals surface area contributed by atoms with E-state index in [1.807, 2.05) is 36.1 Å². The summed E-state index contributed by atoms with van der Waals surface area (Å²) in [6.07, 6.45) is 1.20. The Hall–Kier alpha value is -2.72. The van der Waals surface area contributed by atoms with Crippen molar-refractivity contribution in [2.24, 2.45) is 0 Å². The van der Waals surface area contributed by atoms with Crippen molar-refractivity contribution in [2.45, 2.75) is 26.2 Å². The first-order valence-corrected chi connectivity index (χ1v) is 11.2. The van der Waals surface area contributed by atoms with Crippen LogP contribution in [0, 0.1) is 6.92 Å². The van der Waals surface area contributed by atoms with Crippen LogP contribution in [-0.4, -0.2) is 78.3 Å². The van der Waals surface area contributed by atoms with Gasteiger partial charge in [0.05, 0.1) is 7.11 Å². The number of hydrogen-bond acceptors (Lipinski definition) is 8. The van der Waals surface area contributed by atoms with Crippen molar-refractivity contribution in [2.75, 3.05) is 51.8 Å². The van der Waals surface area contributed by atoms with E-state index in [1.165, 1.54) is 11.3 Å². The van der Waals surface area contributed by atoms with E-state index in [0.29, 0.717) is 44.1 Å². The Morgan fingerprint density at radius 1 is 1.06 bits per heavy atom. The Labute approximate surface area is 186 Å². The Balaban J connectivity index is 1.27. The molecule has 168 valence electrons. The van der Waals surface area contributed by atoms with Crippen molar-refractivity contribution >= 4 is 28.3 Å². The fourth-order valence-electron chi connectivity index (χ4n) is 3.27. The Morgan fingerprint density at radius 3 is 2.42 bits per heavy atom. The molecular weight excluding hydrogens is 418 g/mol. The van der Waals surface area contributed by atoms with Gasteiger partial charge in [-0.25, -0.2) is 0 Å². The number of methoxy groups -OCH3 is 1. The third-order valence-corrected chi connectivity index (χ3v) is 5.78. The number of amides is 2. The van der Waals surface area contributed by atoms with Gasteiger partial charge in [-0.3, -0.25) is 14.5 Å². The lowest BCUT2D eigenvalue weighted by molar-refractivity contribution is -0.133. The number of hydrogen-bond donors (Lipinski definition) is 1. The molecule has 31 heavy (non-hydrogen) atoms. The van der Waals surface area contributed by atoms with Crippen LogP contribution in [0.1, 0.15) is 24.3 Å². The standard InChI is InChI=1S/C21H29N5O4S/c1-16-23-24-21(31-16)22-19(27)4-3-5-20(28)26-12-10-25(11-13-26)14-15-30-18-8-6-17(29-2)7-9-18/h6-9H,3-5,10-15H2,1-2H3,(H,22,24,27). The fraction of sp³-hybridized carbons (Fsp3) is 0.524. The number of nitrogens with one attached hydrogen (secondary N) is 1. The van der Waals surface area contributed by atoms with Crippen LogP contribution in [-0.2, 0) is 9.59 Å². The van der Waals surface area contributed by atoms with Gasteiger partial charge >= 0.3 is 0 Å². The molecule has 1 saturated heterocycles. The maximum absolute atomic E-state index is 12.4. The van der Waals surface area contributed by atoms with Crippen LogP contribution in [0.5, 0.6) is 11.5 Å². The summed E-state index contributed by atoms with van der Waals surface area (Å²) >= 11 is 1.34. The van der Waals surface area contributed by atoms with Gasteiger partial charge in [0.1, 0.15) is 23.1 Å². The molecule has 1 aliphatic heterocycles. The molecule has 0 saturated carbocycles. The molecule has 2 amide bonds. The van der Waals surface area contributed by atoms with Crippen molar-refractivity contribution in [3.05, 3.63) is 29.3 Å². The molecule has 0 unspecified atom stereocenters. The number of rotatable bonds is 10. The summed E-state index contributed by atoms with van der Waals surface area (Å²) in [5.74, 6) is 1.60. The molecule has 1 aromatic carbocycles. The highest BCUT2D eigenvalue weighted by Crippen LogP contribution is 2.17. The third-order valence-electron chi connectivity index (χ3n) is 5.03. The van der Waals surface area contributed by atoms with E-state index in [2.05, 4.69) is 20.4 Å². The maximum Gasteiger partial charge on any atom is 0.226 e. The minimum atomic E-state index is -0.134. The Kier molecular flexibility index (Phi) is 8.60. The topological polar surface area (TPSA) is 96.9 Å². The lowest BCUT2D eigenvalue weighted by Gasteiger charge is -2.34. The second-order valence-electron chi connectivity index (χ2n) is 7.27. The number of aromatic nitrogens is 2. The molecule has 10 heteroatoms. The summed E-state index contributed by atoms with van der Waals surface area (Å²) in [6.45, 7) is 6.32. The molecule has 9 nitrogen and oxygen atoms in total. The van der Waals surface area contributed by atoms with E-state index in [0.717, 1.165) is 36.1 Å². The first-order valence-electron chi connectivity index (χ1n) is 10.4. The van der Waals surface area contributed by atoms with Crippen LogP contribution in [0.4, 0.5) is 5.13 Å². The first kappa shape index (κ1) is 23.0. The normalized spacial score (nSPS) is 14.3. The molecule has 1 N–H and O–H groups in total. The summed E-state index contributed by atoms with van der Waals surface area (Å²) in [6, 6.07) is 7.54. The van der Waals surface area contributed by atoms with Crippen molar-refractivity contribution < 1.29 is 19.1 Å². The Morgan fingerprint density at radius 2 is 1.77 bits per heavy atom. The molecule has 3 rings (SSSR count). The molecule has 0 atom stereocenters. The number of aryl methyl sites for hydroxylation is 1. The van der Waals surface area contributed by atoms with E-state index in [-0.39, 0.29) is 11.8 Å². The molecule has 2 heterocycles. The molecule has 1 aromatic heterocycles. The van der Waals surface area contributed by atoms with Gasteiger partial charge in [-0.1, -0.05) is 11.3 Å². The van der Waals surface area contributed by atoms with Gasteiger partial charge in [-0.15, -0.1) is 10.2 Å². The lowest BCUT2D eigenvalue weighted by Crippen LogP contribution is -2.49. The highest BCUT2D eigenvalue weighted by atomic mass is 32.1. The summed E-state index contributed by atoms with van der Waals surface area (Å²) in [4.78, 5) is 28.5. The smallest absolute Gasteiger partial charge is 0.226 e. The van der Waals surface area contributed by atoms with Gasteiger partial charge in [-0.05, 0) is 37.6 Å². The lowest BCUT2D eigenvalue weighted by atomic mass is 10.2. The number of nitrogens with zero attached hydrogens (tertiary/aromatic N) is 4. The van der Waals surface area contributed by atoms with Gasteiger partial charge in [0.25, 0.3) is 0 Å². The summed E-state index contributed by atoms with van der Waals surface area (Å²) in [5, 5.41) is 11.7. The van der Waals surface area contributed by atoms with Crippen LogP contribution in [0.3, 0.4) is 0 Å². The monoisotopic (exact) mass is 447 g/mol. The average molecular weight is 448 g/mol. The van der Waals surface area contributed by atoms with Crippen LogP contribution >= 0.6 is 11.3 Å². The summed E-state index contributed by atoms with van der Waals surface area (Å²) in [7, 11) is 1.64. The molecule has 0 bridgehead atoms. The summed E-state index contributed by atoms with van der Waals surface area (Å²) < 4.78 is 10.9. The zero-order chi connectivity index (χ0) is 22.1. The molecular formula is C21H29N5O4S. The zero-order valence-corrected chi connectivity index (χ0v) is 18.8. The maximum atomic E-state index is 12.4. The number of carbonyl (C=O) groups is 2. The molecule has 1 aliphatic rings. The number of ether oxygens (including phenoxy) is 2. The second kappa shape index (κ2) is 11.6. The van der Waals surface area contributed by atoms with Crippen molar-refractivity contribution in [3.8, 4) is 11.5 Å². The minimum absolute atomic E-state index is 0.105. The van der Waals surface area contributed by atoms with Crippen LogP contribution in [0.25, 0.3) is 0 Å². The number of benzene rings is 1. The van der Waals surface area contributed by atoms with Crippen molar-refractivity contribution in [1.82, 2.24) is 20.0 Å². The highest BCUT2D eigenvalue weighted by molar-refractivity contribution is 7.15. The molecule has 2 aromatic rings. The van der Waals surface area contributed by atoms with Crippen LogP contribution in [0.2, 0.25) is 0 Å². The molecule has 0 spiro atoms. The predicted molar refractivity (Wildman–Crippen MR) is 119 cm³/mol. The van der Waals surface area contributed by atoms with E-state index in [9.17, 15) is 9.59 Å². The van der Waals surface area contributed by atoms with E-state index >= 15 is 0 Å². The van der Waals surface area contributed by atoms with Gasteiger partial charge in [0, 0.05) is 45.6 Å². The van der Waals surface area contributed by atoms with E-state index in [1.54, 1.807) is 7.11 Å². The third kappa shape index (κ3) is 7.48. The van der Waals surface area contributed by atoms with E-state index < -0.39 is 0 Å². The second-order valence-corrected chi connectivity index (χ2v) is 8.46. The predicted octanol–water partition coefficient (Wildman–Crippen LogP) is 2.19. The van der Waals surface area contributed by atoms with Crippen LogP contribution in [0.15, 0.2) is 24.3 Å². The minimum Gasteiger partial charge on any atom is -0.497 e. The van der Waals surface area contributed by atoms with Gasteiger partial charge in [-0.2, -0.15) is 0 Å².